The summed E-state index contributed by atoms with van der Waals surface area (Å²) in [4.78, 5) is 49.6. The molecule has 2 rings (SSSR count). The van der Waals surface area contributed by atoms with Crippen molar-refractivity contribution in [3.05, 3.63) is 24.0 Å². The van der Waals surface area contributed by atoms with Gasteiger partial charge in [-0.1, -0.05) is 0 Å². The Morgan fingerprint density at radius 1 is 1.18 bits per heavy atom. The fraction of sp³-hybridized carbons (Fsp3) is 0.467. The zero-order valence-electron chi connectivity index (χ0n) is 12.6. The van der Waals surface area contributed by atoms with Crippen LogP contribution in [0.3, 0.4) is 0 Å². The summed E-state index contributed by atoms with van der Waals surface area (Å²) in [5.74, 6) is -4.58. The number of hydrogen-bond donors (Lipinski definition) is 0. The number of ether oxygens (including phenoxy) is 2. The van der Waals surface area contributed by atoms with Gasteiger partial charge in [-0.25, -0.2) is 0 Å². The lowest BCUT2D eigenvalue weighted by molar-refractivity contribution is -0.168. The zero-order valence-corrected chi connectivity index (χ0v) is 12.6. The Morgan fingerprint density at radius 3 is 2.18 bits per heavy atom. The number of ketones is 1. The number of carbonyl (C=O) groups is 4. The molecule has 1 unspecified atom stereocenters. The molecule has 1 aromatic rings. The van der Waals surface area contributed by atoms with E-state index >= 15 is 0 Å². The number of carbonyl (C=O) groups excluding carboxylic acids is 4. The third-order valence-electron chi connectivity index (χ3n) is 3.67. The molecule has 1 aromatic heterocycles. The molecular formula is C15H17NO6. The molecule has 22 heavy (non-hydrogen) atoms. The molecule has 1 atom stereocenters. The minimum Gasteiger partial charge on any atom is -0.465 e. The van der Waals surface area contributed by atoms with Crippen molar-refractivity contribution in [1.29, 1.82) is 0 Å². The Balaban J connectivity index is 2.73. The average Bonchev–Trinajstić information content (AvgIpc) is 3.00. The van der Waals surface area contributed by atoms with E-state index in [1.807, 2.05) is 0 Å². The highest BCUT2D eigenvalue weighted by molar-refractivity contribution is 6.20. The molecular weight excluding hydrogens is 290 g/mol. The standard InChI is InChI=1S/C15H17NO6/c1-4-21-13(19)15(14(20)22-5-2)10-7-6-8-16(10)12(18)11(15)9(3)17/h6-8,11H,4-5H2,1-3H3. The van der Waals surface area contributed by atoms with E-state index in [2.05, 4.69) is 0 Å². The van der Waals surface area contributed by atoms with Crippen molar-refractivity contribution in [3.63, 3.8) is 0 Å². The topological polar surface area (TPSA) is 91.7 Å². The first-order valence-electron chi connectivity index (χ1n) is 6.99. The van der Waals surface area contributed by atoms with Gasteiger partial charge in [-0.3, -0.25) is 23.7 Å². The highest BCUT2D eigenvalue weighted by Gasteiger charge is 2.66. The largest absolute Gasteiger partial charge is 0.465 e. The molecule has 118 valence electrons. The molecule has 2 heterocycles. The number of fused-ring (bicyclic) bond motifs is 1. The van der Waals surface area contributed by atoms with Crippen molar-refractivity contribution in [2.45, 2.75) is 26.2 Å². The number of esters is 2. The normalized spacial score (nSPS) is 18.7. The summed E-state index contributed by atoms with van der Waals surface area (Å²) in [5.41, 5.74) is -1.96. The molecule has 0 N–H and O–H groups in total. The molecule has 7 nitrogen and oxygen atoms in total. The molecule has 0 saturated carbocycles. The summed E-state index contributed by atoms with van der Waals surface area (Å²) < 4.78 is 11.1. The van der Waals surface area contributed by atoms with Gasteiger partial charge < -0.3 is 9.47 Å². The van der Waals surface area contributed by atoms with Crippen LogP contribution in [0.5, 0.6) is 0 Å². The van der Waals surface area contributed by atoms with Gasteiger partial charge in [0.1, 0.15) is 11.7 Å². The highest BCUT2D eigenvalue weighted by atomic mass is 16.6. The van der Waals surface area contributed by atoms with Gasteiger partial charge in [0, 0.05) is 6.20 Å². The van der Waals surface area contributed by atoms with E-state index in [9.17, 15) is 19.2 Å². The van der Waals surface area contributed by atoms with Gasteiger partial charge in [0.15, 0.2) is 0 Å². The van der Waals surface area contributed by atoms with Gasteiger partial charge in [0.25, 0.3) is 0 Å². The number of hydrogen-bond acceptors (Lipinski definition) is 6. The minimum absolute atomic E-state index is 0.0134. The SMILES string of the molecule is CCOC(=O)C1(C(=O)OCC)c2cccn2C(=O)C1C(C)=O. The molecule has 0 aliphatic carbocycles. The third kappa shape index (κ3) is 1.96. The molecule has 1 aliphatic heterocycles. The van der Waals surface area contributed by atoms with E-state index in [0.29, 0.717) is 0 Å². The summed E-state index contributed by atoms with van der Waals surface area (Å²) in [5, 5.41) is 0. The Bertz CT molecular complexity index is 626. The first kappa shape index (κ1) is 15.9. The average molecular weight is 307 g/mol. The lowest BCUT2D eigenvalue weighted by Gasteiger charge is -2.27. The van der Waals surface area contributed by atoms with Crippen LogP contribution in [0.15, 0.2) is 18.3 Å². The van der Waals surface area contributed by atoms with Crippen LogP contribution in [0.4, 0.5) is 0 Å². The molecule has 0 spiro atoms. The maximum atomic E-state index is 12.6. The third-order valence-corrected chi connectivity index (χ3v) is 3.67. The van der Waals surface area contributed by atoms with Crippen molar-refractivity contribution in [2.75, 3.05) is 13.2 Å². The monoisotopic (exact) mass is 307 g/mol. The van der Waals surface area contributed by atoms with Crippen molar-refractivity contribution in [3.8, 4) is 0 Å². The van der Waals surface area contributed by atoms with Crippen LogP contribution in [0.2, 0.25) is 0 Å². The molecule has 0 aromatic carbocycles. The van der Waals surface area contributed by atoms with Crippen LogP contribution in [0, 0.1) is 5.92 Å². The number of nitrogens with zero attached hydrogens (tertiary/aromatic N) is 1. The van der Waals surface area contributed by atoms with Crippen molar-refractivity contribution < 1.29 is 28.7 Å². The van der Waals surface area contributed by atoms with E-state index in [0.717, 1.165) is 4.57 Å². The molecule has 0 bridgehead atoms. The lowest BCUT2D eigenvalue weighted by Crippen LogP contribution is -2.52. The molecule has 0 radical (unpaired) electrons. The quantitative estimate of drug-likeness (QED) is 0.587. The van der Waals surface area contributed by atoms with Gasteiger partial charge in [-0.2, -0.15) is 0 Å². The Labute approximate surface area is 127 Å². The zero-order chi connectivity index (χ0) is 16.5. The Hall–Kier alpha value is -2.44. The van der Waals surface area contributed by atoms with Gasteiger partial charge in [-0.05, 0) is 32.9 Å². The van der Waals surface area contributed by atoms with Crippen molar-refractivity contribution >= 4 is 23.6 Å². The first-order chi connectivity index (χ1) is 10.4. The summed E-state index contributed by atoms with van der Waals surface area (Å²) in [6.07, 6.45) is 1.41. The van der Waals surface area contributed by atoms with Crippen LogP contribution in [0.1, 0.15) is 31.3 Å². The van der Waals surface area contributed by atoms with Crippen LogP contribution >= 0.6 is 0 Å². The maximum Gasteiger partial charge on any atom is 0.330 e. The summed E-state index contributed by atoms with van der Waals surface area (Å²) >= 11 is 0. The fourth-order valence-corrected chi connectivity index (χ4v) is 2.86. The van der Waals surface area contributed by atoms with E-state index in [1.54, 1.807) is 13.8 Å². The molecule has 0 fully saturated rings. The van der Waals surface area contributed by atoms with E-state index in [4.69, 9.17) is 9.47 Å². The molecule has 0 amide bonds. The van der Waals surface area contributed by atoms with Gasteiger partial charge >= 0.3 is 11.9 Å². The van der Waals surface area contributed by atoms with Crippen LogP contribution in [0.25, 0.3) is 0 Å². The molecule has 0 saturated heterocycles. The van der Waals surface area contributed by atoms with Gasteiger partial charge in [-0.15, -0.1) is 0 Å². The smallest absolute Gasteiger partial charge is 0.330 e. The van der Waals surface area contributed by atoms with E-state index in [-0.39, 0.29) is 18.9 Å². The van der Waals surface area contributed by atoms with Gasteiger partial charge in [0.2, 0.25) is 11.3 Å². The minimum atomic E-state index is -2.07. The van der Waals surface area contributed by atoms with Crippen LogP contribution in [-0.2, 0) is 29.3 Å². The second-order valence-corrected chi connectivity index (χ2v) is 4.89. The predicted octanol–water partition coefficient (Wildman–Crippen LogP) is 0.711. The highest BCUT2D eigenvalue weighted by Crippen LogP contribution is 2.43. The summed E-state index contributed by atoms with van der Waals surface area (Å²) in [6.45, 7) is 4.35. The Morgan fingerprint density at radius 2 is 1.73 bits per heavy atom. The molecule has 1 aliphatic rings. The number of rotatable bonds is 5. The number of aromatic nitrogens is 1. The second-order valence-electron chi connectivity index (χ2n) is 4.89. The Kier molecular flexibility index (Phi) is 4.16. The fourth-order valence-electron chi connectivity index (χ4n) is 2.86. The summed E-state index contributed by atoms with van der Waals surface area (Å²) in [7, 11) is 0. The second kappa shape index (κ2) is 5.75. The van der Waals surface area contributed by atoms with Gasteiger partial charge in [0.05, 0.1) is 18.9 Å². The number of Topliss-reactive ketones (excluding diaryl/α,β-unsaturated/α-hetero) is 1. The first-order valence-corrected chi connectivity index (χ1v) is 6.99. The predicted molar refractivity (Wildman–Crippen MR) is 74.2 cm³/mol. The van der Waals surface area contributed by atoms with Crippen molar-refractivity contribution in [2.24, 2.45) is 5.92 Å². The van der Waals surface area contributed by atoms with E-state index < -0.39 is 35.0 Å². The lowest BCUT2D eigenvalue weighted by atomic mass is 9.73. The van der Waals surface area contributed by atoms with E-state index in [1.165, 1.54) is 25.3 Å². The van der Waals surface area contributed by atoms with Crippen molar-refractivity contribution in [1.82, 2.24) is 4.57 Å². The molecule has 7 heteroatoms. The van der Waals surface area contributed by atoms with Crippen LogP contribution in [-0.4, -0.2) is 41.4 Å². The maximum absolute atomic E-state index is 12.6. The summed E-state index contributed by atoms with van der Waals surface area (Å²) in [6, 6.07) is 2.98. The van der Waals surface area contributed by atoms with Crippen LogP contribution < -0.4 is 0 Å².